The number of hydrogen-bond donors (Lipinski definition) is 1. The summed E-state index contributed by atoms with van der Waals surface area (Å²) in [6.45, 7) is 6.11. The average Bonchev–Trinajstić information content (AvgIpc) is 2.97. The molecule has 0 spiro atoms. The van der Waals surface area contributed by atoms with Crippen LogP contribution < -0.4 is 4.74 Å². The maximum atomic E-state index is 12.1. The van der Waals surface area contributed by atoms with Crippen molar-refractivity contribution < 1.29 is 18.6 Å². The van der Waals surface area contributed by atoms with Gasteiger partial charge in [0, 0.05) is 19.1 Å². The summed E-state index contributed by atoms with van der Waals surface area (Å²) >= 11 is 0. The van der Waals surface area contributed by atoms with E-state index in [2.05, 4.69) is 28.4 Å². The Morgan fingerprint density at radius 2 is 1.91 bits per heavy atom. The molecule has 0 amide bonds. The highest BCUT2D eigenvalue weighted by atomic mass is 19.3. The Morgan fingerprint density at radius 3 is 2.48 bits per heavy atom. The molecule has 1 aliphatic rings. The molecule has 6 heteroatoms. The first kappa shape index (κ1) is 18.1. The van der Waals surface area contributed by atoms with E-state index in [0.29, 0.717) is 12.6 Å². The molecule has 1 saturated heterocycles. The number of benzene rings is 1. The number of halogens is 2. The van der Waals surface area contributed by atoms with Crippen molar-refractivity contribution in [2.24, 2.45) is 0 Å². The Kier molecular flexibility index (Phi) is 6.74. The summed E-state index contributed by atoms with van der Waals surface area (Å²) in [4.78, 5) is 4.71. The molecule has 1 aromatic carbocycles. The number of likely N-dealkylation sites (N-methyl/N-ethyl adjacent to an activating group) is 1. The Bertz CT molecular complexity index is 466. The third-order valence-electron chi connectivity index (χ3n) is 4.50. The lowest BCUT2D eigenvalue weighted by atomic mass is 10.1. The first-order valence-corrected chi connectivity index (χ1v) is 8.22. The molecule has 0 radical (unpaired) electrons. The van der Waals surface area contributed by atoms with Crippen LogP contribution in [0, 0.1) is 0 Å². The molecule has 1 aromatic rings. The summed E-state index contributed by atoms with van der Waals surface area (Å²) in [6.07, 6.45) is 0.501. The lowest BCUT2D eigenvalue weighted by Gasteiger charge is -2.26. The monoisotopic (exact) mass is 328 g/mol. The van der Waals surface area contributed by atoms with E-state index in [4.69, 9.17) is 0 Å². The fourth-order valence-electron chi connectivity index (χ4n) is 3.24. The van der Waals surface area contributed by atoms with Crippen molar-refractivity contribution >= 4 is 0 Å². The molecule has 2 rings (SSSR count). The molecule has 0 bridgehead atoms. The van der Waals surface area contributed by atoms with Gasteiger partial charge in [0.2, 0.25) is 0 Å². The number of alkyl halides is 2. The molecule has 1 heterocycles. The van der Waals surface area contributed by atoms with Crippen LogP contribution in [-0.2, 0) is 0 Å². The molecule has 1 aliphatic heterocycles. The van der Waals surface area contributed by atoms with E-state index in [-0.39, 0.29) is 5.75 Å². The predicted octanol–water partition coefficient (Wildman–Crippen LogP) is 2.74. The lowest BCUT2D eigenvalue weighted by molar-refractivity contribution is -0.0498. The Morgan fingerprint density at radius 1 is 1.26 bits per heavy atom. The molecule has 2 unspecified atom stereocenters. The molecule has 0 saturated carbocycles. The SMILES string of the molecule is CCN(CC)C1CCN(CC(O)c2ccc(OC(F)F)cc2)C1. The highest BCUT2D eigenvalue weighted by Crippen LogP contribution is 2.22. The Hall–Kier alpha value is -1.24. The third-order valence-corrected chi connectivity index (χ3v) is 4.50. The van der Waals surface area contributed by atoms with Gasteiger partial charge in [-0.2, -0.15) is 8.78 Å². The number of aliphatic hydroxyl groups is 1. The smallest absolute Gasteiger partial charge is 0.387 e. The standard InChI is InChI=1S/C17H26F2N2O2/c1-3-21(4-2)14-9-10-20(11-14)12-16(22)13-5-7-15(8-6-13)23-17(18)19/h5-8,14,16-17,22H,3-4,9-12H2,1-2H3. The maximum absolute atomic E-state index is 12.1. The number of ether oxygens (including phenoxy) is 1. The summed E-state index contributed by atoms with van der Waals surface area (Å²) in [7, 11) is 0. The van der Waals surface area contributed by atoms with Gasteiger partial charge in [0.05, 0.1) is 6.10 Å². The lowest BCUT2D eigenvalue weighted by Crippen LogP contribution is -2.38. The van der Waals surface area contributed by atoms with Crippen LogP contribution in [0.5, 0.6) is 5.75 Å². The van der Waals surface area contributed by atoms with Crippen molar-refractivity contribution in [1.82, 2.24) is 9.80 Å². The quantitative estimate of drug-likeness (QED) is 0.796. The summed E-state index contributed by atoms with van der Waals surface area (Å²) in [6, 6.07) is 6.76. The van der Waals surface area contributed by atoms with Crippen LogP contribution in [0.1, 0.15) is 31.9 Å². The van der Waals surface area contributed by atoms with Crippen LogP contribution in [0.25, 0.3) is 0 Å². The van der Waals surface area contributed by atoms with Crippen molar-refractivity contribution in [2.45, 2.75) is 39.0 Å². The number of nitrogens with zero attached hydrogens (tertiary/aromatic N) is 2. The van der Waals surface area contributed by atoms with E-state index >= 15 is 0 Å². The van der Waals surface area contributed by atoms with Gasteiger partial charge in [-0.25, -0.2) is 0 Å². The summed E-state index contributed by atoms with van der Waals surface area (Å²) in [5, 5.41) is 10.3. The van der Waals surface area contributed by atoms with Crippen molar-refractivity contribution in [2.75, 3.05) is 32.7 Å². The van der Waals surface area contributed by atoms with Gasteiger partial charge in [-0.05, 0) is 43.8 Å². The predicted molar refractivity (Wildman–Crippen MR) is 85.8 cm³/mol. The fraction of sp³-hybridized carbons (Fsp3) is 0.647. The van der Waals surface area contributed by atoms with E-state index in [1.54, 1.807) is 12.1 Å². The minimum absolute atomic E-state index is 0.110. The van der Waals surface area contributed by atoms with Gasteiger partial charge in [-0.1, -0.05) is 26.0 Å². The number of rotatable bonds is 8. The van der Waals surface area contributed by atoms with E-state index in [1.807, 2.05) is 0 Å². The van der Waals surface area contributed by atoms with Crippen LogP contribution in [0.3, 0.4) is 0 Å². The van der Waals surface area contributed by atoms with Crippen LogP contribution >= 0.6 is 0 Å². The van der Waals surface area contributed by atoms with Gasteiger partial charge in [0.15, 0.2) is 0 Å². The van der Waals surface area contributed by atoms with E-state index in [1.165, 1.54) is 12.1 Å². The largest absolute Gasteiger partial charge is 0.435 e. The maximum Gasteiger partial charge on any atom is 0.387 e. The highest BCUT2D eigenvalue weighted by molar-refractivity contribution is 5.28. The molecular formula is C17H26F2N2O2. The van der Waals surface area contributed by atoms with Crippen LogP contribution in [0.4, 0.5) is 8.78 Å². The van der Waals surface area contributed by atoms with Crippen LogP contribution in [0.15, 0.2) is 24.3 Å². The van der Waals surface area contributed by atoms with Crippen molar-refractivity contribution in [3.05, 3.63) is 29.8 Å². The van der Waals surface area contributed by atoms with E-state index in [9.17, 15) is 13.9 Å². The average molecular weight is 328 g/mol. The summed E-state index contributed by atoms with van der Waals surface area (Å²) in [5.41, 5.74) is 0.720. The molecule has 1 N–H and O–H groups in total. The second-order valence-corrected chi connectivity index (χ2v) is 5.89. The van der Waals surface area contributed by atoms with Gasteiger partial charge in [0.25, 0.3) is 0 Å². The second-order valence-electron chi connectivity index (χ2n) is 5.89. The van der Waals surface area contributed by atoms with Gasteiger partial charge in [0.1, 0.15) is 5.75 Å². The van der Waals surface area contributed by atoms with Crippen LogP contribution in [-0.4, -0.2) is 60.3 Å². The van der Waals surface area contributed by atoms with E-state index < -0.39 is 12.7 Å². The second kappa shape index (κ2) is 8.57. The minimum Gasteiger partial charge on any atom is -0.435 e. The first-order valence-electron chi connectivity index (χ1n) is 8.22. The first-order chi connectivity index (χ1) is 11.0. The number of aliphatic hydroxyl groups excluding tert-OH is 1. The van der Waals surface area contributed by atoms with E-state index in [0.717, 1.165) is 38.2 Å². The summed E-state index contributed by atoms with van der Waals surface area (Å²) in [5.74, 6) is 0.110. The molecule has 1 fully saturated rings. The number of likely N-dealkylation sites (tertiary alicyclic amines) is 1. The molecule has 0 aromatic heterocycles. The zero-order valence-electron chi connectivity index (χ0n) is 13.8. The molecule has 23 heavy (non-hydrogen) atoms. The minimum atomic E-state index is -2.83. The molecule has 130 valence electrons. The summed E-state index contributed by atoms with van der Waals surface area (Å²) < 4.78 is 28.6. The van der Waals surface area contributed by atoms with Gasteiger partial charge in [-0.3, -0.25) is 9.80 Å². The van der Waals surface area contributed by atoms with Gasteiger partial charge < -0.3 is 9.84 Å². The Labute approximate surface area is 136 Å². The molecule has 2 atom stereocenters. The van der Waals surface area contributed by atoms with Crippen molar-refractivity contribution in [3.8, 4) is 5.75 Å². The van der Waals surface area contributed by atoms with Crippen molar-refractivity contribution in [3.63, 3.8) is 0 Å². The van der Waals surface area contributed by atoms with Gasteiger partial charge >= 0.3 is 6.61 Å². The molecule has 4 nitrogen and oxygen atoms in total. The highest BCUT2D eigenvalue weighted by Gasteiger charge is 2.27. The van der Waals surface area contributed by atoms with Crippen LogP contribution in [0.2, 0.25) is 0 Å². The molecular weight excluding hydrogens is 302 g/mol. The normalized spacial score (nSPS) is 20.4. The fourth-order valence-corrected chi connectivity index (χ4v) is 3.24. The van der Waals surface area contributed by atoms with Crippen molar-refractivity contribution in [1.29, 1.82) is 0 Å². The Balaban J connectivity index is 1.86. The van der Waals surface area contributed by atoms with Gasteiger partial charge in [-0.15, -0.1) is 0 Å². The zero-order valence-corrected chi connectivity index (χ0v) is 13.8. The third kappa shape index (κ3) is 5.12. The molecule has 0 aliphatic carbocycles. The number of hydrogen-bond acceptors (Lipinski definition) is 4. The zero-order chi connectivity index (χ0) is 16.8. The topological polar surface area (TPSA) is 35.9 Å². The number of β-amino-alcohol motifs (C(OH)–C–C–N with tert-alkyl or cyclic N) is 1.